The smallest absolute Gasteiger partial charge is 0.312 e. The standard InChI is InChI=1S/C17H21N9O4/c1-5-23-8-13(14(22-23)17(28)18-4)19-16(27)12-6-7-24(21-12)9-25-11(3)15(26(29)30)10(2)20-25/h6-8H,5,9H2,1-4H3,(H,18,28)(H,19,27). The highest BCUT2D eigenvalue weighted by Crippen LogP contribution is 2.21. The zero-order valence-corrected chi connectivity index (χ0v) is 16.9. The third kappa shape index (κ3) is 3.90. The van der Waals surface area contributed by atoms with Crippen LogP contribution in [0.3, 0.4) is 0 Å². The number of carbonyl (C=O) groups is 2. The Morgan fingerprint density at radius 3 is 2.50 bits per heavy atom. The van der Waals surface area contributed by atoms with Gasteiger partial charge < -0.3 is 10.6 Å². The summed E-state index contributed by atoms with van der Waals surface area (Å²) in [7, 11) is 1.48. The van der Waals surface area contributed by atoms with Gasteiger partial charge in [-0.05, 0) is 26.8 Å². The van der Waals surface area contributed by atoms with Crippen LogP contribution in [0.15, 0.2) is 18.5 Å². The Morgan fingerprint density at radius 2 is 1.90 bits per heavy atom. The van der Waals surface area contributed by atoms with E-state index >= 15 is 0 Å². The predicted molar refractivity (Wildman–Crippen MR) is 105 cm³/mol. The quantitative estimate of drug-likeness (QED) is 0.430. The number of hydrogen-bond donors (Lipinski definition) is 2. The number of aromatic nitrogens is 6. The molecule has 0 aromatic carbocycles. The molecule has 3 aromatic heterocycles. The Bertz CT molecular complexity index is 1120. The normalized spacial score (nSPS) is 10.8. The van der Waals surface area contributed by atoms with E-state index in [0.29, 0.717) is 17.9 Å². The van der Waals surface area contributed by atoms with Crippen molar-refractivity contribution in [1.82, 2.24) is 34.7 Å². The Morgan fingerprint density at radius 1 is 1.17 bits per heavy atom. The topological polar surface area (TPSA) is 155 Å². The van der Waals surface area contributed by atoms with Crippen molar-refractivity contribution in [3.05, 3.63) is 51.4 Å². The summed E-state index contributed by atoms with van der Waals surface area (Å²) in [5.41, 5.74) is 1.12. The van der Waals surface area contributed by atoms with Crippen molar-refractivity contribution in [2.45, 2.75) is 34.0 Å². The van der Waals surface area contributed by atoms with Gasteiger partial charge in [-0.15, -0.1) is 0 Å². The second-order valence-electron chi connectivity index (χ2n) is 6.44. The molecule has 0 aliphatic rings. The molecule has 0 radical (unpaired) electrons. The summed E-state index contributed by atoms with van der Waals surface area (Å²) in [6.07, 6.45) is 3.13. The van der Waals surface area contributed by atoms with Crippen LogP contribution >= 0.6 is 0 Å². The summed E-state index contributed by atoms with van der Waals surface area (Å²) in [4.78, 5) is 35.2. The van der Waals surface area contributed by atoms with Gasteiger partial charge >= 0.3 is 5.69 Å². The van der Waals surface area contributed by atoms with E-state index in [-0.39, 0.29) is 29.4 Å². The first-order chi connectivity index (χ1) is 14.2. The second-order valence-corrected chi connectivity index (χ2v) is 6.44. The molecule has 0 aliphatic heterocycles. The Balaban J connectivity index is 1.78. The highest BCUT2D eigenvalue weighted by molar-refractivity contribution is 6.07. The number of carbonyl (C=O) groups excluding carboxylic acids is 2. The third-order valence-electron chi connectivity index (χ3n) is 4.45. The minimum Gasteiger partial charge on any atom is -0.354 e. The zero-order chi connectivity index (χ0) is 22.0. The molecule has 0 bridgehead atoms. The molecule has 30 heavy (non-hydrogen) atoms. The van der Waals surface area contributed by atoms with Crippen LogP contribution in [0, 0.1) is 24.0 Å². The fraction of sp³-hybridized carbons (Fsp3) is 0.353. The molecule has 0 atom stereocenters. The van der Waals surface area contributed by atoms with Crippen molar-refractivity contribution < 1.29 is 14.5 Å². The van der Waals surface area contributed by atoms with E-state index in [0.717, 1.165) is 0 Å². The van der Waals surface area contributed by atoms with E-state index in [9.17, 15) is 19.7 Å². The lowest BCUT2D eigenvalue weighted by atomic mass is 10.3. The lowest BCUT2D eigenvalue weighted by Crippen LogP contribution is -2.22. The van der Waals surface area contributed by atoms with Crippen LogP contribution in [0.1, 0.15) is 39.3 Å². The minimum atomic E-state index is -0.520. The van der Waals surface area contributed by atoms with Crippen LogP contribution in [0.2, 0.25) is 0 Å². The van der Waals surface area contributed by atoms with E-state index in [1.165, 1.54) is 27.2 Å². The Kier molecular flexibility index (Phi) is 5.62. The van der Waals surface area contributed by atoms with Gasteiger partial charge in [0.15, 0.2) is 11.4 Å². The molecule has 13 nitrogen and oxygen atoms in total. The molecule has 0 aliphatic carbocycles. The van der Waals surface area contributed by atoms with Gasteiger partial charge in [-0.2, -0.15) is 15.3 Å². The van der Waals surface area contributed by atoms with Crippen LogP contribution in [0.4, 0.5) is 11.4 Å². The first-order valence-electron chi connectivity index (χ1n) is 9.07. The summed E-state index contributed by atoms with van der Waals surface area (Å²) < 4.78 is 4.42. The van der Waals surface area contributed by atoms with Gasteiger partial charge in [-0.1, -0.05) is 0 Å². The minimum absolute atomic E-state index is 0.0465. The molecule has 3 aromatic rings. The summed E-state index contributed by atoms with van der Waals surface area (Å²) in [5.74, 6) is -0.942. The number of anilines is 1. The molecule has 13 heteroatoms. The Hall–Kier alpha value is -4.03. The average molecular weight is 415 g/mol. The predicted octanol–water partition coefficient (Wildman–Crippen LogP) is 0.939. The number of nitrogens with one attached hydrogen (secondary N) is 2. The van der Waals surface area contributed by atoms with Gasteiger partial charge in [-0.25, -0.2) is 4.68 Å². The largest absolute Gasteiger partial charge is 0.354 e. The lowest BCUT2D eigenvalue weighted by molar-refractivity contribution is -0.386. The number of hydrogen-bond acceptors (Lipinski definition) is 7. The molecule has 158 valence electrons. The maximum atomic E-state index is 12.6. The van der Waals surface area contributed by atoms with Gasteiger partial charge in [0, 0.05) is 26.0 Å². The van der Waals surface area contributed by atoms with Gasteiger partial charge in [0.2, 0.25) is 0 Å². The van der Waals surface area contributed by atoms with Crippen LogP contribution in [0.25, 0.3) is 0 Å². The first-order valence-corrected chi connectivity index (χ1v) is 9.07. The van der Waals surface area contributed by atoms with Crippen LogP contribution in [-0.4, -0.2) is 53.1 Å². The van der Waals surface area contributed by atoms with E-state index in [1.54, 1.807) is 26.2 Å². The van der Waals surface area contributed by atoms with E-state index in [2.05, 4.69) is 25.9 Å². The van der Waals surface area contributed by atoms with Gasteiger partial charge in [0.25, 0.3) is 11.8 Å². The number of aryl methyl sites for hydroxylation is 2. The van der Waals surface area contributed by atoms with Crippen LogP contribution in [-0.2, 0) is 13.2 Å². The summed E-state index contributed by atoms with van der Waals surface area (Å²) in [6.45, 7) is 5.65. The van der Waals surface area contributed by atoms with Crippen molar-refractivity contribution in [3.8, 4) is 0 Å². The lowest BCUT2D eigenvalue weighted by Gasteiger charge is -2.04. The van der Waals surface area contributed by atoms with E-state index in [1.807, 2.05) is 6.92 Å². The molecule has 3 rings (SSSR count). The Labute approximate surface area is 170 Å². The highest BCUT2D eigenvalue weighted by atomic mass is 16.6. The molecule has 0 saturated heterocycles. The van der Waals surface area contributed by atoms with Crippen molar-refractivity contribution in [2.75, 3.05) is 12.4 Å². The zero-order valence-electron chi connectivity index (χ0n) is 16.9. The number of rotatable bonds is 7. The van der Waals surface area contributed by atoms with E-state index < -0.39 is 16.7 Å². The highest BCUT2D eigenvalue weighted by Gasteiger charge is 2.22. The fourth-order valence-electron chi connectivity index (χ4n) is 2.94. The molecule has 0 spiro atoms. The maximum absolute atomic E-state index is 12.6. The summed E-state index contributed by atoms with van der Waals surface area (Å²) >= 11 is 0. The molecule has 0 saturated carbocycles. The van der Waals surface area contributed by atoms with Crippen LogP contribution < -0.4 is 10.6 Å². The molecule has 2 N–H and O–H groups in total. The first kappa shape index (κ1) is 20.7. The van der Waals surface area contributed by atoms with Crippen molar-refractivity contribution in [1.29, 1.82) is 0 Å². The molecular weight excluding hydrogens is 394 g/mol. The fourth-order valence-corrected chi connectivity index (χ4v) is 2.94. The van der Waals surface area contributed by atoms with Crippen molar-refractivity contribution in [2.24, 2.45) is 0 Å². The third-order valence-corrected chi connectivity index (χ3v) is 4.45. The van der Waals surface area contributed by atoms with Gasteiger partial charge in [-0.3, -0.25) is 29.1 Å². The van der Waals surface area contributed by atoms with Gasteiger partial charge in [0.05, 0.1) is 10.6 Å². The number of amides is 2. The second kappa shape index (κ2) is 8.14. The maximum Gasteiger partial charge on any atom is 0.312 e. The van der Waals surface area contributed by atoms with E-state index in [4.69, 9.17) is 0 Å². The molecular formula is C17H21N9O4. The molecule has 0 fully saturated rings. The average Bonchev–Trinajstić information content (AvgIpc) is 3.39. The molecule has 3 heterocycles. The summed E-state index contributed by atoms with van der Waals surface area (Å²) in [6, 6.07) is 1.50. The molecule has 2 amide bonds. The SMILES string of the molecule is CCn1cc(NC(=O)c2ccn(Cn3nc(C)c([N+](=O)[O-])c3C)n2)c(C(=O)NC)n1. The van der Waals surface area contributed by atoms with Crippen LogP contribution in [0.5, 0.6) is 0 Å². The van der Waals surface area contributed by atoms with Gasteiger partial charge in [0.1, 0.15) is 18.1 Å². The van der Waals surface area contributed by atoms with Crippen molar-refractivity contribution in [3.63, 3.8) is 0 Å². The number of nitro groups is 1. The monoisotopic (exact) mass is 415 g/mol. The summed E-state index contributed by atoms with van der Waals surface area (Å²) in [5, 5.41) is 28.8. The van der Waals surface area contributed by atoms with Crippen molar-refractivity contribution >= 4 is 23.2 Å². The number of nitrogens with zero attached hydrogens (tertiary/aromatic N) is 7. The molecule has 0 unspecified atom stereocenters.